The summed E-state index contributed by atoms with van der Waals surface area (Å²) >= 11 is 4.68. The first-order valence-corrected chi connectivity index (χ1v) is 5.42. The second-order valence-corrected chi connectivity index (χ2v) is 4.10. The van der Waals surface area contributed by atoms with Crippen LogP contribution in [0.5, 0.6) is 0 Å². The lowest BCUT2D eigenvalue weighted by Crippen LogP contribution is -2.11. The fraction of sp³-hybridized carbons (Fsp3) is 0.143. The molecular formula is C7H6BrN5S. The molecule has 0 atom stereocenters. The van der Waals surface area contributed by atoms with Gasteiger partial charge in [-0.2, -0.15) is 0 Å². The summed E-state index contributed by atoms with van der Waals surface area (Å²) in [6.07, 6.45) is 3.32. The van der Waals surface area contributed by atoms with Crippen molar-refractivity contribution in [2.75, 3.05) is 11.9 Å². The van der Waals surface area contributed by atoms with Gasteiger partial charge in [0.15, 0.2) is 5.82 Å². The third kappa shape index (κ3) is 1.88. The van der Waals surface area contributed by atoms with E-state index in [0.29, 0.717) is 4.60 Å². The van der Waals surface area contributed by atoms with Crippen molar-refractivity contribution in [3.8, 4) is 0 Å². The number of hydrogen-bond acceptors (Lipinski definition) is 6. The average Bonchev–Trinajstić information content (AvgIpc) is 2.71. The molecule has 14 heavy (non-hydrogen) atoms. The normalized spacial score (nSPS) is 10.1. The molecule has 2 aromatic heterocycles. The van der Waals surface area contributed by atoms with Crippen LogP contribution in [-0.4, -0.2) is 27.2 Å². The molecule has 7 heteroatoms. The van der Waals surface area contributed by atoms with Gasteiger partial charge in [-0.15, -0.1) is 10.2 Å². The lowest BCUT2D eigenvalue weighted by Gasteiger charge is -2.12. The Labute approximate surface area is 93.0 Å². The van der Waals surface area contributed by atoms with E-state index in [1.165, 1.54) is 11.3 Å². The topological polar surface area (TPSA) is 54.8 Å². The number of nitrogens with zero attached hydrogens (tertiary/aromatic N) is 5. The zero-order valence-corrected chi connectivity index (χ0v) is 9.66. The molecule has 0 amide bonds. The molecule has 0 saturated heterocycles. The van der Waals surface area contributed by atoms with E-state index in [2.05, 4.69) is 36.1 Å². The lowest BCUT2D eigenvalue weighted by molar-refractivity contribution is 1.01. The first-order chi connectivity index (χ1) is 6.77. The first kappa shape index (κ1) is 9.47. The minimum atomic E-state index is 0.715. The summed E-state index contributed by atoms with van der Waals surface area (Å²) in [5, 5.41) is 8.48. The second kappa shape index (κ2) is 3.97. The van der Waals surface area contributed by atoms with Crippen molar-refractivity contribution in [1.82, 2.24) is 20.2 Å². The van der Waals surface area contributed by atoms with Gasteiger partial charge in [-0.25, -0.2) is 9.97 Å². The number of anilines is 2. The fourth-order valence-electron chi connectivity index (χ4n) is 0.890. The molecule has 2 rings (SSSR count). The maximum atomic E-state index is 4.19. The number of rotatable bonds is 2. The minimum absolute atomic E-state index is 0.715. The summed E-state index contributed by atoms with van der Waals surface area (Å²) in [7, 11) is 1.87. The summed E-state index contributed by atoms with van der Waals surface area (Å²) in [6.45, 7) is 0. The van der Waals surface area contributed by atoms with E-state index < -0.39 is 0 Å². The summed E-state index contributed by atoms with van der Waals surface area (Å²) in [4.78, 5) is 10.1. The Morgan fingerprint density at radius 3 is 2.79 bits per heavy atom. The molecule has 72 valence electrons. The molecule has 0 aliphatic carbocycles. The van der Waals surface area contributed by atoms with Crippen LogP contribution in [0, 0.1) is 0 Å². The van der Waals surface area contributed by atoms with Crippen LogP contribution >= 0.6 is 27.3 Å². The Bertz CT molecular complexity index is 401. The highest BCUT2D eigenvalue weighted by Crippen LogP contribution is 2.21. The van der Waals surface area contributed by atoms with Gasteiger partial charge in [0.1, 0.15) is 10.1 Å². The van der Waals surface area contributed by atoms with Gasteiger partial charge >= 0.3 is 0 Å². The Morgan fingerprint density at radius 1 is 1.36 bits per heavy atom. The van der Waals surface area contributed by atoms with Crippen LogP contribution in [0.2, 0.25) is 0 Å². The number of aromatic nitrogens is 4. The predicted molar refractivity (Wildman–Crippen MR) is 57.7 cm³/mol. The van der Waals surface area contributed by atoms with Gasteiger partial charge < -0.3 is 4.90 Å². The van der Waals surface area contributed by atoms with Gasteiger partial charge in [0.05, 0.1) is 12.4 Å². The summed E-state index contributed by atoms with van der Waals surface area (Å²) in [5.74, 6) is 0.741. The van der Waals surface area contributed by atoms with E-state index in [-0.39, 0.29) is 0 Å². The van der Waals surface area contributed by atoms with Crippen molar-refractivity contribution >= 4 is 38.2 Å². The molecule has 0 aromatic carbocycles. The Morgan fingerprint density at radius 2 is 2.21 bits per heavy atom. The van der Waals surface area contributed by atoms with E-state index in [9.17, 15) is 0 Å². The molecule has 0 radical (unpaired) electrons. The molecule has 2 aromatic rings. The largest absolute Gasteiger partial charge is 0.303 e. The van der Waals surface area contributed by atoms with Gasteiger partial charge in [0.25, 0.3) is 0 Å². The molecular weight excluding hydrogens is 266 g/mol. The van der Waals surface area contributed by atoms with Gasteiger partial charge in [-0.1, -0.05) is 11.3 Å². The summed E-state index contributed by atoms with van der Waals surface area (Å²) < 4.78 is 0.715. The quantitative estimate of drug-likeness (QED) is 0.835. The molecule has 0 unspecified atom stereocenters. The SMILES string of the molecule is CN(c1cnc(Br)cn1)c1nncs1. The molecule has 0 fully saturated rings. The Hall–Kier alpha value is -1.08. The smallest absolute Gasteiger partial charge is 0.213 e. The molecule has 0 N–H and O–H groups in total. The maximum absolute atomic E-state index is 4.19. The molecule has 0 aliphatic rings. The summed E-state index contributed by atoms with van der Waals surface area (Å²) in [6, 6.07) is 0. The van der Waals surface area contributed by atoms with Gasteiger partial charge in [0, 0.05) is 7.05 Å². The van der Waals surface area contributed by atoms with Crippen molar-refractivity contribution in [3.63, 3.8) is 0 Å². The summed E-state index contributed by atoms with van der Waals surface area (Å²) in [5.41, 5.74) is 1.68. The molecule has 0 aliphatic heterocycles. The standard InChI is InChI=1S/C7H6BrN5S/c1-13(7-12-11-4-14-7)6-3-9-5(8)2-10-6/h2-4H,1H3. The van der Waals surface area contributed by atoms with Crippen molar-refractivity contribution in [2.24, 2.45) is 0 Å². The van der Waals surface area contributed by atoms with E-state index in [0.717, 1.165) is 10.9 Å². The minimum Gasteiger partial charge on any atom is -0.303 e. The molecule has 0 saturated carbocycles. The highest BCUT2D eigenvalue weighted by molar-refractivity contribution is 9.10. The van der Waals surface area contributed by atoms with Crippen LogP contribution in [0.25, 0.3) is 0 Å². The van der Waals surface area contributed by atoms with E-state index in [4.69, 9.17) is 0 Å². The van der Waals surface area contributed by atoms with Crippen LogP contribution in [0.1, 0.15) is 0 Å². The van der Waals surface area contributed by atoms with E-state index in [1.54, 1.807) is 17.9 Å². The maximum Gasteiger partial charge on any atom is 0.213 e. The monoisotopic (exact) mass is 271 g/mol. The number of hydrogen-bond donors (Lipinski definition) is 0. The highest BCUT2D eigenvalue weighted by atomic mass is 79.9. The zero-order valence-electron chi connectivity index (χ0n) is 7.25. The van der Waals surface area contributed by atoms with Crippen molar-refractivity contribution < 1.29 is 0 Å². The van der Waals surface area contributed by atoms with Crippen LogP contribution in [0.4, 0.5) is 10.9 Å². The van der Waals surface area contributed by atoms with Crippen molar-refractivity contribution in [2.45, 2.75) is 0 Å². The van der Waals surface area contributed by atoms with Crippen LogP contribution in [0.15, 0.2) is 22.5 Å². The molecule has 0 bridgehead atoms. The van der Waals surface area contributed by atoms with Crippen LogP contribution in [-0.2, 0) is 0 Å². The van der Waals surface area contributed by atoms with Crippen LogP contribution < -0.4 is 4.90 Å². The Kier molecular flexibility index (Phi) is 2.69. The molecule has 2 heterocycles. The van der Waals surface area contributed by atoms with Crippen molar-refractivity contribution in [1.29, 1.82) is 0 Å². The highest BCUT2D eigenvalue weighted by Gasteiger charge is 2.08. The van der Waals surface area contributed by atoms with Crippen LogP contribution in [0.3, 0.4) is 0 Å². The van der Waals surface area contributed by atoms with Crippen molar-refractivity contribution in [3.05, 3.63) is 22.5 Å². The number of halogens is 1. The predicted octanol–water partition coefficient (Wildman–Crippen LogP) is 1.86. The Balaban J connectivity index is 2.28. The van der Waals surface area contributed by atoms with E-state index >= 15 is 0 Å². The van der Waals surface area contributed by atoms with Gasteiger partial charge in [-0.05, 0) is 15.9 Å². The third-order valence-corrected chi connectivity index (χ3v) is 2.76. The second-order valence-electron chi connectivity index (χ2n) is 2.48. The van der Waals surface area contributed by atoms with Gasteiger partial charge in [0.2, 0.25) is 5.13 Å². The fourth-order valence-corrected chi connectivity index (χ4v) is 1.63. The molecule has 5 nitrogen and oxygen atoms in total. The van der Waals surface area contributed by atoms with E-state index in [1.807, 2.05) is 11.9 Å². The van der Waals surface area contributed by atoms with Gasteiger partial charge in [-0.3, -0.25) is 0 Å². The zero-order chi connectivity index (χ0) is 9.97. The third-order valence-electron chi connectivity index (χ3n) is 1.59. The average molecular weight is 272 g/mol. The lowest BCUT2D eigenvalue weighted by atomic mass is 10.6. The molecule has 0 spiro atoms. The first-order valence-electron chi connectivity index (χ1n) is 3.75.